The molecule has 2 rings (SSSR count). The van der Waals surface area contributed by atoms with Gasteiger partial charge < -0.3 is 15.3 Å². The van der Waals surface area contributed by atoms with Gasteiger partial charge in [-0.3, -0.25) is 4.79 Å². The Kier molecular flexibility index (Phi) is 5.23. The standard InChI is InChI=1S/C17H26N2O2/c1-3-19(4-2)15-9-7-14(8-10-15)18-16(20)13-17(21)11-5-6-12-17/h7-10,21H,3-6,11-13H2,1-2H3,(H,18,20). The van der Waals surface area contributed by atoms with Gasteiger partial charge in [-0.25, -0.2) is 0 Å². The summed E-state index contributed by atoms with van der Waals surface area (Å²) in [5.74, 6) is -0.102. The summed E-state index contributed by atoms with van der Waals surface area (Å²) in [6, 6.07) is 7.88. The monoisotopic (exact) mass is 290 g/mol. The lowest BCUT2D eigenvalue weighted by atomic mass is 9.97. The lowest BCUT2D eigenvalue weighted by molar-refractivity contribution is -0.120. The van der Waals surface area contributed by atoms with Gasteiger partial charge in [-0.15, -0.1) is 0 Å². The van der Waals surface area contributed by atoms with Crippen LogP contribution >= 0.6 is 0 Å². The zero-order valence-corrected chi connectivity index (χ0v) is 13.1. The maximum Gasteiger partial charge on any atom is 0.227 e. The molecule has 0 spiro atoms. The van der Waals surface area contributed by atoms with Crippen molar-refractivity contribution in [2.24, 2.45) is 0 Å². The highest BCUT2D eigenvalue weighted by atomic mass is 16.3. The quantitative estimate of drug-likeness (QED) is 0.846. The van der Waals surface area contributed by atoms with Crippen LogP contribution in [0.4, 0.5) is 11.4 Å². The number of benzene rings is 1. The molecule has 1 amide bonds. The van der Waals surface area contributed by atoms with Gasteiger partial charge in [0.2, 0.25) is 5.91 Å². The molecule has 1 fully saturated rings. The van der Waals surface area contributed by atoms with Crippen molar-refractivity contribution in [2.75, 3.05) is 23.3 Å². The molecule has 4 nitrogen and oxygen atoms in total. The molecule has 1 saturated carbocycles. The minimum absolute atomic E-state index is 0.102. The Morgan fingerprint density at radius 1 is 1.19 bits per heavy atom. The predicted molar refractivity (Wildman–Crippen MR) is 86.7 cm³/mol. The predicted octanol–water partition coefficient (Wildman–Crippen LogP) is 3.17. The molecule has 0 radical (unpaired) electrons. The lowest BCUT2D eigenvalue weighted by Crippen LogP contribution is -2.30. The van der Waals surface area contributed by atoms with Gasteiger partial charge in [-0.05, 0) is 51.0 Å². The summed E-state index contributed by atoms with van der Waals surface area (Å²) in [7, 11) is 0. The van der Waals surface area contributed by atoms with E-state index in [1.807, 2.05) is 24.3 Å². The molecular weight excluding hydrogens is 264 g/mol. The first kappa shape index (κ1) is 15.8. The minimum atomic E-state index is -0.786. The summed E-state index contributed by atoms with van der Waals surface area (Å²) < 4.78 is 0. The number of carbonyl (C=O) groups excluding carboxylic acids is 1. The first-order valence-corrected chi connectivity index (χ1v) is 7.93. The van der Waals surface area contributed by atoms with Crippen LogP contribution < -0.4 is 10.2 Å². The fourth-order valence-corrected chi connectivity index (χ4v) is 3.06. The third kappa shape index (κ3) is 4.21. The number of carbonyl (C=O) groups is 1. The second-order valence-corrected chi connectivity index (χ2v) is 5.88. The highest BCUT2D eigenvalue weighted by molar-refractivity contribution is 5.91. The number of aliphatic hydroxyl groups is 1. The van der Waals surface area contributed by atoms with Crippen LogP contribution in [0, 0.1) is 0 Å². The largest absolute Gasteiger partial charge is 0.389 e. The van der Waals surface area contributed by atoms with E-state index < -0.39 is 5.60 Å². The molecule has 0 bridgehead atoms. The number of nitrogens with one attached hydrogen (secondary N) is 1. The number of amides is 1. The Bertz CT molecular complexity index is 460. The molecule has 1 aromatic rings. The summed E-state index contributed by atoms with van der Waals surface area (Å²) in [6.07, 6.45) is 3.71. The summed E-state index contributed by atoms with van der Waals surface area (Å²) in [6.45, 7) is 6.19. The van der Waals surface area contributed by atoms with Gasteiger partial charge in [-0.1, -0.05) is 12.8 Å². The van der Waals surface area contributed by atoms with E-state index in [2.05, 4.69) is 24.1 Å². The van der Waals surface area contributed by atoms with Gasteiger partial charge in [0.25, 0.3) is 0 Å². The van der Waals surface area contributed by atoms with Crippen LogP contribution in [0.3, 0.4) is 0 Å². The van der Waals surface area contributed by atoms with Crippen molar-refractivity contribution in [2.45, 2.75) is 51.6 Å². The minimum Gasteiger partial charge on any atom is -0.389 e. The molecule has 0 heterocycles. The Labute approximate surface area is 127 Å². The maximum atomic E-state index is 12.0. The summed E-state index contributed by atoms with van der Waals surface area (Å²) in [4.78, 5) is 14.3. The zero-order valence-electron chi connectivity index (χ0n) is 13.1. The van der Waals surface area contributed by atoms with E-state index in [1.54, 1.807) is 0 Å². The van der Waals surface area contributed by atoms with Gasteiger partial charge in [-0.2, -0.15) is 0 Å². The van der Waals surface area contributed by atoms with E-state index >= 15 is 0 Å². The van der Waals surface area contributed by atoms with E-state index in [0.29, 0.717) is 0 Å². The summed E-state index contributed by atoms with van der Waals surface area (Å²) >= 11 is 0. The SMILES string of the molecule is CCN(CC)c1ccc(NC(=O)CC2(O)CCCC2)cc1. The smallest absolute Gasteiger partial charge is 0.227 e. The Morgan fingerprint density at radius 2 is 1.76 bits per heavy atom. The first-order chi connectivity index (χ1) is 10.1. The van der Waals surface area contributed by atoms with E-state index in [-0.39, 0.29) is 12.3 Å². The second kappa shape index (κ2) is 6.94. The van der Waals surface area contributed by atoms with Crippen LogP contribution in [0.2, 0.25) is 0 Å². The fourth-order valence-electron chi connectivity index (χ4n) is 3.06. The molecule has 1 aliphatic rings. The third-order valence-electron chi connectivity index (χ3n) is 4.30. The number of hydrogen-bond acceptors (Lipinski definition) is 3. The van der Waals surface area contributed by atoms with Gasteiger partial charge in [0, 0.05) is 24.5 Å². The van der Waals surface area contributed by atoms with Crippen LogP contribution in [-0.2, 0) is 4.79 Å². The number of nitrogens with zero attached hydrogens (tertiary/aromatic N) is 1. The molecule has 0 aliphatic heterocycles. The molecule has 0 unspecified atom stereocenters. The first-order valence-electron chi connectivity index (χ1n) is 7.93. The van der Waals surface area contributed by atoms with Crippen molar-refractivity contribution in [1.29, 1.82) is 0 Å². The molecule has 1 aromatic carbocycles. The molecule has 116 valence electrons. The normalized spacial score (nSPS) is 16.7. The molecule has 0 atom stereocenters. The average molecular weight is 290 g/mol. The highest BCUT2D eigenvalue weighted by Crippen LogP contribution is 2.32. The van der Waals surface area contributed by atoms with Crippen molar-refractivity contribution in [3.05, 3.63) is 24.3 Å². The Balaban J connectivity index is 1.92. The fraction of sp³-hybridized carbons (Fsp3) is 0.588. The van der Waals surface area contributed by atoms with Crippen LogP contribution in [0.25, 0.3) is 0 Å². The van der Waals surface area contributed by atoms with Crippen LogP contribution in [-0.4, -0.2) is 29.7 Å². The Morgan fingerprint density at radius 3 is 2.29 bits per heavy atom. The molecule has 4 heteroatoms. The van der Waals surface area contributed by atoms with Gasteiger partial charge in [0.05, 0.1) is 12.0 Å². The van der Waals surface area contributed by atoms with Crippen LogP contribution in [0.1, 0.15) is 46.0 Å². The van der Waals surface area contributed by atoms with Gasteiger partial charge in [0.1, 0.15) is 0 Å². The van der Waals surface area contributed by atoms with Crippen LogP contribution in [0.5, 0.6) is 0 Å². The molecule has 1 aliphatic carbocycles. The van der Waals surface area contributed by atoms with Crippen molar-refractivity contribution in [1.82, 2.24) is 0 Å². The van der Waals surface area contributed by atoms with E-state index in [9.17, 15) is 9.90 Å². The van der Waals surface area contributed by atoms with Crippen molar-refractivity contribution in [3.63, 3.8) is 0 Å². The zero-order chi connectivity index (χ0) is 15.3. The van der Waals surface area contributed by atoms with Crippen LogP contribution in [0.15, 0.2) is 24.3 Å². The van der Waals surface area contributed by atoms with Crippen molar-refractivity contribution >= 4 is 17.3 Å². The van der Waals surface area contributed by atoms with Gasteiger partial charge >= 0.3 is 0 Å². The average Bonchev–Trinajstić information content (AvgIpc) is 2.88. The van der Waals surface area contributed by atoms with Crippen molar-refractivity contribution in [3.8, 4) is 0 Å². The van der Waals surface area contributed by atoms with Crippen molar-refractivity contribution < 1.29 is 9.90 Å². The molecule has 2 N–H and O–H groups in total. The third-order valence-corrected chi connectivity index (χ3v) is 4.30. The summed E-state index contributed by atoms with van der Waals surface area (Å²) in [5, 5.41) is 13.1. The van der Waals surface area contributed by atoms with E-state index in [4.69, 9.17) is 0 Å². The molecule has 21 heavy (non-hydrogen) atoms. The van der Waals surface area contributed by atoms with E-state index in [0.717, 1.165) is 50.1 Å². The highest BCUT2D eigenvalue weighted by Gasteiger charge is 2.33. The van der Waals surface area contributed by atoms with Gasteiger partial charge in [0.15, 0.2) is 0 Å². The molecule has 0 saturated heterocycles. The number of hydrogen-bond donors (Lipinski definition) is 2. The summed E-state index contributed by atoms with van der Waals surface area (Å²) in [5.41, 5.74) is 1.16. The topological polar surface area (TPSA) is 52.6 Å². The lowest BCUT2D eigenvalue weighted by Gasteiger charge is -2.22. The number of anilines is 2. The molecular formula is C17H26N2O2. The second-order valence-electron chi connectivity index (χ2n) is 5.88. The maximum absolute atomic E-state index is 12.0. The molecule has 0 aromatic heterocycles. The Hall–Kier alpha value is -1.55. The number of rotatable bonds is 6. The van der Waals surface area contributed by atoms with E-state index in [1.165, 1.54) is 0 Å².